The third kappa shape index (κ3) is 1.42. The molecule has 1 aliphatic rings. The highest BCUT2D eigenvalue weighted by Crippen LogP contribution is 2.23. The Balaban J connectivity index is 2.60. The molecule has 1 saturated heterocycles. The molecule has 0 aliphatic carbocycles. The van der Waals surface area contributed by atoms with Crippen molar-refractivity contribution in [3.8, 4) is 0 Å². The Kier molecular flexibility index (Phi) is 1.75. The van der Waals surface area contributed by atoms with Gasteiger partial charge in [-0.1, -0.05) is 25.6 Å². The molecule has 0 bridgehead atoms. The Morgan fingerprint density at radius 1 is 1.33 bits per heavy atom. The van der Waals surface area contributed by atoms with Gasteiger partial charge in [0.2, 0.25) is 0 Å². The summed E-state index contributed by atoms with van der Waals surface area (Å²) in [6, 6.07) is 1.23. The summed E-state index contributed by atoms with van der Waals surface area (Å²) < 4.78 is 0. The van der Waals surface area contributed by atoms with E-state index in [-0.39, 0.29) is 0 Å². The van der Waals surface area contributed by atoms with E-state index in [0.29, 0.717) is 5.41 Å². The first-order valence-corrected chi connectivity index (χ1v) is 6.87. The minimum absolute atomic E-state index is 0.591. The lowest BCUT2D eigenvalue weighted by Crippen LogP contribution is -2.39. The Bertz CT molecular complexity index is 129. The molecule has 0 radical (unpaired) electrons. The van der Waals surface area contributed by atoms with Crippen molar-refractivity contribution in [2.75, 3.05) is 0 Å². The highest BCUT2D eigenvalue weighted by Gasteiger charge is 2.31. The van der Waals surface area contributed by atoms with E-state index in [1.807, 2.05) is 0 Å². The van der Waals surface area contributed by atoms with Crippen molar-refractivity contribution in [1.29, 1.82) is 0 Å². The second kappa shape index (κ2) is 2.25. The molecule has 0 aromatic carbocycles. The van der Waals surface area contributed by atoms with Crippen molar-refractivity contribution in [1.82, 2.24) is 0 Å². The molecule has 0 aromatic rings. The first kappa shape index (κ1) is 7.00. The van der Waals surface area contributed by atoms with Crippen molar-refractivity contribution < 1.29 is 4.79 Å². The second-order valence-electron chi connectivity index (χ2n) is 3.51. The van der Waals surface area contributed by atoms with Crippen LogP contribution >= 0.6 is 0 Å². The van der Waals surface area contributed by atoms with Gasteiger partial charge in [0, 0.05) is 6.42 Å². The molecular formula is C7H14OSi. The zero-order valence-electron chi connectivity index (χ0n) is 6.24. The predicted octanol–water partition coefficient (Wildman–Crippen LogP) is 1.99. The minimum Gasteiger partial charge on any atom is -0.305 e. The van der Waals surface area contributed by atoms with Crippen LogP contribution in [0.2, 0.25) is 19.1 Å². The van der Waals surface area contributed by atoms with Gasteiger partial charge in [0.25, 0.3) is 0 Å². The lowest BCUT2D eigenvalue weighted by atomic mass is 10.3. The summed E-state index contributed by atoms with van der Waals surface area (Å²) in [6.45, 7) is 4.38. The average molecular weight is 142 g/mol. The molecule has 0 spiro atoms. The van der Waals surface area contributed by atoms with Crippen LogP contribution < -0.4 is 0 Å². The minimum atomic E-state index is -1.33. The summed E-state index contributed by atoms with van der Waals surface area (Å²) in [5.74, 6) is 0. The van der Waals surface area contributed by atoms with Gasteiger partial charge in [0.05, 0.1) is 0 Å². The molecule has 0 saturated carbocycles. The van der Waals surface area contributed by atoms with Crippen molar-refractivity contribution in [2.24, 2.45) is 0 Å². The van der Waals surface area contributed by atoms with Crippen LogP contribution in [-0.2, 0) is 4.79 Å². The fourth-order valence-corrected chi connectivity index (χ4v) is 3.60. The highest BCUT2D eigenvalue weighted by atomic mass is 28.3. The molecule has 1 nitrogen and oxygen atoms in total. The van der Waals surface area contributed by atoms with Crippen LogP contribution in [-0.4, -0.2) is 13.5 Å². The second-order valence-corrected chi connectivity index (χ2v) is 8.34. The predicted molar refractivity (Wildman–Crippen MR) is 41.1 cm³/mol. The van der Waals surface area contributed by atoms with Gasteiger partial charge in [-0.3, -0.25) is 0 Å². The number of rotatable bonds is 0. The topological polar surface area (TPSA) is 17.1 Å². The van der Waals surface area contributed by atoms with Crippen LogP contribution in [0.3, 0.4) is 0 Å². The normalized spacial score (nSPS) is 26.2. The first-order chi connectivity index (χ1) is 4.13. The Morgan fingerprint density at radius 2 is 2.00 bits per heavy atom. The number of hydrogen-bond acceptors (Lipinski definition) is 1. The zero-order chi connectivity index (χ0) is 6.91. The zero-order valence-corrected chi connectivity index (χ0v) is 7.24. The van der Waals surface area contributed by atoms with Gasteiger partial charge in [-0.05, 0) is 6.42 Å². The summed E-state index contributed by atoms with van der Waals surface area (Å²) >= 11 is 0. The summed E-state index contributed by atoms with van der Waals surface area (Å²) in [6.07, 6.45) is 3.32. The summed E-state index contributed by atoms with van der Waals surface area (Å²) in [4.78, 5) is 11.2. The van der Waals surface area contributed by atoms with E-state index < -0.39 is 8.07 Å². The fraction of sp³-hybridized carbons (Fsp3) is 0.857. The number of hydrogen-bond donors (Lipinski definition) is 0. The van der Waals surface area contributed by atoms with E-state index in [2.05, 4.69) is 13.1 Å². The van der Waals surface area contributed by atoms with Gasteiger partial charge in [0.1, 0.15) is 13.5 Å². The molecule has 1 aliphatic heterocycles. The molecule has 1 heterocycles. The smallest absolute Gasteiger partial charge is 0.126 e. The van der Waals surface area contributed by atoms with Crippen LogP contribution in [0.4, 0.5) is 0 Å². The number of carbonyl (C=O) groups is 1. The fourth-order valence-electron chi connectivity index (χ4n) is 1.33. The van der Waals surface area contributed by atoms with E-state index in [0.717, 1.165) is 12.8 Å². The van der Waals surface area contributed by atoms with Gasteiger partial charge in [0.15, 0.2) is 0 Å². The summed E-state index contributed by atoms with van der Waals surface area (Å²) in [5, 5.41) is 0.591. The van der Waals surface area contributed by atoms with Crippen LogP contribution in [0.5, 0.6) is 0 Å². The molecule has 0 aromatic heterocycles. The largest absolute Gasteiger partial charge is 0.305 e. The van der Waals surface area contributed by atoms with Crippen molar-refractivity contribution in [3.63, 3.8) is 0 Å². The standard InChI is InChI=1S/C7H14OSi/c1-9(2)6-4-3-5-7(9)8/h3-6H2,1-2H3. The molecule has 52 valence electrons. The third-order valence-corrected chi connectivity index (χ3v) is 5.57. The van der Waals surface area contributed by atoms with Crippen molar-refractivity contribution in [3.05, 3.63) is 0 Å². The Hall–Kier alpha value is -0.113. The maximum Gasteiger partial charge on any atom is 0.126 e. The maximum absolute atomic E-state index is 11.2. The van der Waals surface area contributed by atoms with E-state index in [4.69, 9.17) is 0 Å². The van der Waals surface area contributed by atoms with Gasteiger partial charge < -0.3 is 4.79 Å². The lowest BCUT2D eigenvalue weighted by molar-refractivity contribution is -0.113. The van der Waals surface area contributed by atoms with Gasteiger partial charge in [-0.25, -0.2) is 0 Å². The Labute approximate surface area is 57.5 Å². The van der Waals surface area contributed by atoms with E-state index in [1.165, 1.54) is 12.5 Å². The first-order valence-electron chi connectivity index (χ1n) is 3.66. The lowest BCUT2D eigenvalue weighted by Gasteiger charge is -2.24. The summed E-state index contributed by atoms with van der Waals surface area (Å²) in [5.41, 5.74) is 0. The third-order valence-electron chi connectivity index (χ3n) is 2.21. The number of carbonyl (C=O) groups excluding carboxylic acids is 1. The maximum atomic E-state index is 11.2. The molecule has 0 unspecified atom stereocenters. The molecular weight excluding hydrogens is 128 g/mol. The van der Waals surface area contributed by atoms with Crippen LogP contribution in [0.1, 0.15) is 19.3 Å². The average Bonchev–Trinajstić information content (AvgIpc) is 1.77. The van der Waals surface area contributed by atoms with Crippen molar-refractivity contribution in [2.45, 2.75) is 38.4 Å². The highest BCUT2D eigenvalue weighted by molar-refractivity contribution is 7.04. The molecule has 1 rings (SSSR count). The molecule has 2 heteroatoms. The van der Waals surface area contributed by atoms with Gasteiger partial charge >= 0.3 is 0 Å². The molecule has 9 heavy (non-hydrogen) atoms. The van der Waals surface area contributed by atoms with Gasteiger partial charge in [-0.2, -0.15) is 0 Å². The SMILES string of the molecule is C[Si]1(C)CCCCC1=O. The Morgan fingerprint density at radius 3 is 2.33 bits per heavy atom. The van der Waals surface area contributed by atoms with E-state index >= 15 is 0 Å². The van der Waals surface area contributed by atoms with Crippen LogP contribution in [0, 0.1) is 0 Å². The molecule has 0 atom stereocenters. The quantitative estimate of drug-likeness (QED) is 0.473. The monoisotopic (exact) mass is 142 g/mol. The van der Waals surface area contributed by atoms with E-state index in [1.54, 1.807) is 0 Å². The molecule has 1 fully saturated rings. The molecule has 0 N–H and O–H groups in total. The van der Waals surface area contributed by atoms with Gasteiger partial charge in [-0.15, -0.1) is 0 Å². The van der Waals surface area contributed by atoms with Crippen molar-refractivity contribution >= 4 is 13.5 Å². The van der Waals surface area contributed by atoms with E-state index in [9.17, 15) is 4.79 Å². The van der Waals surface area contributed by atoms with Crippen LogP contribution in [0.15, 0.2) is 0 Å². The molecule has 0 amide bonds. The summed E-state index contributed by atoms with van der Waals surface area (Å²) in [7, 11) is -1.33. The van der Waals surface area contributed by atoms with Crippen LogP contribution in [0.25, 0.3) is 0 Å².